The SMILES string of the molecule is C=C1[C@@H]2C=CC=C[C@@H](C2)[C@H]1CO[Si](C)(C)C(C)(C)C. The van der Waals surface area contributed by atoms with Gasteiger partial charge in [-0.2, -0.15) is 0 Å². The van der Waals surface area contributed by atoms with Crippen LogP contribution in [0.15, 0.2) is 36.5 Å². The average molecular weight is 276 g/mol. The molecule has 0 radical (unpaired) electrons. The van der Waals surface area contributed by atoms with Crippen molar-refractivity contribution < 1.29 is 4.43 Å². The van der Waals surface area contributed by atoms with Crippen LogP contribution in [0.1, 0.15) is 27.2 Å². The smallest absolute Gasteiger partial charge is 0.192 e. The van der Waals surface area contributed by atoms with E-state index in [0.29, 0.717) is 17.8 Å². The first-order chi connectivity index (χ1) is 8.72. The molecule has 2 heteroatoms. The molecule has 19 heavy (non-hydrogen) atoms. The van der Waals surface area contributed by atoms with Crippen LogP contribution in [0.4, 0.5) is 0 Å². The zero-order valence-corrected chi connectivity index (χ0v) is 14.1. The minimum Gasteiger partial charge on any atom is -0.416 e. The fraction of sp³-hybridized carbons (Fsp3) is 0.647. The van der Waals surface area contributed by atoms with Crippen molar-refractivity contribution in [3.05, 3.63) is 36.5 Å². The molecule has 0 heterocycles. The van der Waals surface area contributed by atoms with E-state index in [1.165, 1.54) is 12.0 Å². The summed E-state index contributed by atoms with van der Waals surface area (Å²) in [7, 11) is -1.64. The second-order valence-corrected chi connectivity index (χ2v) is 12.3. The lowest BCUT2D eigenvalue weighted by atomic mass is 9.93. The molecule has 2 rings (SSSR count). The molecular formula is C17H28OSi. The summed E-state index contributed by atoms with van der Waals surface area (Å²) in [5.41, 5.74) is 1.38. The lowest BCUT2D eigenvalue weighted by Crippen LogP contribution is -2.42. The first-order valence-corrected chi connectivity index (χ1v) is 10.3. The highest BCUT2D eigenvalue weighted by molar-refractivity contribution is 6.74. The van der Waals surface area contributed by atoms with Crippen molar-refractivity contribution in [1.29, 1.82) is 0 Å². The Kier molecular flexibility index (Phi) is 3.94. The van der Waals surface area contributed by atoms with Crippen LogP contribution in [-0.4, -0.2) is 14.9 Å². The van der Waals surface area contributed by atoms with Gasteiger partial charge >= 0.3 is 0 Å². The van der Waals surface area contributed by atoms with Crippen molar-refractivity contribution >= 4 is 8.32 Å². The summed E-state index contributed by atoms with van der Waals surface area (Å²) in [5.74, 6) is 1.70. The summed E-state index contributed by atoms with van der Waals surface area (Å²) in [5, 5.41) is 0.286. The molecule has 1 saturated carbocycles. The molecule has 0 saturated heterocycles. The predicted molar refractivity (Wildman–Crippen MR) is 85.7 cm³/mol. The van der Waals surface area contributed by atoms with Gasteiger partial charge < -0.3 is 4.43 Å². The van der Waals surface area contributed by atoms with E-state index in [9.17, 15) is 0 Å². The van der Waals surface area contributed by atoms with Crippen LogP contribution in [0.3, 0.4) is 0 Å². The normalized spacial score (nSPS) is 30.8. The summed E-state index contributed by atoms with van der Waals surface area (Å²) in [6.45, 7) is 16.8. The Morgan fingerprint density at radius 3 is 2.53 bits per heavy atom. The highest BCUT2D eigenvalue weighted by Crippen LogP contribution is 2.44. The van der Waals surface area contributed by atoms with Gasteiger partial charge in [0.1, 0.15) is 0 Å². The van der Waals surface area contributed by atoms with Gasteiger partial charge in [-0.15, -0.1) is 0 Å². The van der Waals surface area contributed by atoms with Crippen LogP contribution < -0.4 is 0 Å². The van der Waals surface area contributed by atoms with E-state index in [4.69, 9.17) is 4.43 Å². The Balaban J connectivity index is 2.03. The number of allylic oxidation sites excluding steroid dienone is 4. The molecule has 0 spiro atoms. The number of hydrogen-bond donors (Lipinski definition) is 0. The molecule has 1 fully saturated rings. The fourth-order valence-corrected chi connectivity index (χ4v) is 3.75. The lowest BCUT2D eigenvalue weighted by molar-refractivity contribution is 0.231. The average Bonchev–Trinajstić information content (AvgIpc) is 2.49. The van der Waals surface area contributed by atoms with E-state index in [1.54, 1.807) is 0 Å². The molecule has 0 aliphatic heterocycles. The van der Waals surface area contributed by atoms with E-state index in [-0.39, 0.29) is 5.04 Å². The fourth-order valence-electron chi connectivity index (χ4n) is 2.72. The molecule has 3 atom stereocenters. The summed E-state index contributed by atoms with van der Waals surface area (Å²) in [6, 6.07) is 0. The van der Waals surface area contributed by atoms with E-state index < -0.39 is 8.32 Å². The van der Waals surface area contributed by atoms with Gasteiger partial charge in [0.25, 0.3) is 0 Å². The molecule has 1 nitrogen and oxygen atoms in total. The highest BCUT2D eigenvalue weighted by atomic mass is 28.4. The van der Waals surface area contributed by atoms with Gasteiger partial charge in [-0.05, 0) is 36.4 Å². The summed E-state index contributed by atoms with van der Waals surface area (Å²) in [6.07, 6.45) is 10.2. The van der Waals surface area contributed by atoms with Crippen molar-refractivity contribution in [3.8, 4) is 0 Å². The minimum absolute atomic E-state index is 0.286. The van der Waals surface area contributed by atoms with E-state index in [2.05, 4.69) is 64.7 Å². The Morgan fingerprint density at radius 1 is 1.26 bits per heavy atom. The Hall–Kier alpha value is -0.603. The van der Waals surface area contributed by atoms with Crippen molar-refractivity contribution in [1.82, 2.24) is 0 Å². The Bertz CT molecular complexity index is 411. The van der Waals surface area contributed by atoms with Crippen LogP contribution in [0.2, 0.25) is 18.1 Å². The lowest BCUT2D eigenvalue weighted by Gasteiger charge is -2.37. The summed E-state index contributed by atoms with van der Waals surface area (Å²) < 4.78 is 6.42. The maximum atomic E-state index is 6.42. The zero-order chi connectivity index (χ0) is 14.3. The monoisotopic (exact) mass is 276 g/mol. The largest absolute Gasteiger partial charge is 0.416 e. The summed E-state index contributed by atoms with van der Waals surface area (Å²) >= 11 is 0. The molecule has 0 aromatic carbocycles. The standard InChI is InChI=1S/C17H28OSi/c1-13-14-9-7-8-10-15(11-14)16(13)12-18-19(5,6)17(2,3)4/h7-10,14-16H,1,11-12H2,2-6H3/t14-,15+,16+/m1/s1. The third-order valence-electron chi connectivity index (χ3n) is 5.24. The van der Waals surface area contributed by atoms with Gasteiger partial charge in [0.15, 0.2) is 8.32 Å². The first-order valence-electron chi connectivity index (χ1n) is 7.40. The quantitative estimate of drug-likeness (QED) is 0.524. The molecule has 0 aromatic heterocycles. The summed E-state index contributed by atoms with van der Waals surface area (Å²) in [4.78, 5) is 0. The molecule has 106 valence electrons. The van der Waals surface area contributed by atoms with E-state index in [1.807, 2.05) is 0 Å². The molecule has 2 aliphatic rings. The molecule has 2 aliphatic carbocycles. The van der Waals surface area contributed by atoms with Gasteiger partial charge in [-0.25, -0.2) is 0 Å². The van der Waals surface area contributed by atoms with Gasteiger partial charge in [0.05, 0.1) is 0 Å². The van der Waals surface area contributed by atoms with Crippen molar-refractivity contribution in [3.63, 3.8) is 0 Å². The zero-order valence-electron chi connectivity index (χ0n) is 13.1. The molecule has 0 N–H and O–H groups in total. The van der Waals surface area contributed by atoms with Gasteiger partial charge in [-0.3, -0.25) is 0 Å². The van der Waals surface area contributed by atoms with Crippen LogP contribution in [0.25, 0.3) is 0 Å². The minimum atomic E-state index is -1.64. The Labute approximate surface area is 119 Å². The third-order valence-corrected chi connectivity index (χ3v) is 9.74. The maximum absolute atomic E-state index is 6.42. The van der Waals surface area contributed by atoms with Crippen molar-refractivity contribution in [2.24, 2.45) is 17.8 Å². The number of hydrogen-bond acceptors (Lipinski definition) is 1. The topological polar surface area (TPSA) is 9.23 Å². The second-order valence-electron chi connectivity index (χ2n) is 7.53. The first kappa shape index (κ1) is 14.8. The van der Waals surface area contributed by atoms with Crippen molar-refractivity contribution in [2.45, 2.75) is 45.3 Å². The van der Waals surface area contributed by atoms with E-state index >= 15 is 0 Å². The Morgan fingerprint density at radius 2 is 1.89 bits per heavy atom. The predicted octanol–water partition coefficient (Wildman–Crippen LogP) is 4.94. The maximum Gasteiger partial charge on any atom is 0.192 e. The van der Waals surface area contributed by atoms with Gasteiger partial charge in [-0.1, -0.05) is 57.2 Å². The third kappa shape index (κ3) is 2.95. The van der Waals surface area contributed by atoms with Crippen LogP contribution in [0.5, 0.6) is 0 Å². The van der Waals surface area contributed by atoms with Crippen molar-refractivity contribution in [2.75, 3.05) is 6.61 Å². The molecule has 2 bridgehead atoms. The number of rotatable bonds is 3. The van der Waals surface area contributed by atoms with E-state index in [0.717, 1.165) is 6.61 Å². The van der Waals surface area contributed by atoms with Gasteiger partial charge in [0, 0.05) is 12.5 Å². The molecular weight excluding hydrogens is 248 g/mol. The number of fused-ring (bicyclic) bond motifs is 2. The van der Waals surface area contributed by atoms with Crippen LogP contribution in [0, 0.1) is 17.8 Å². The molecule has 0 aromatic rings. The second kappa shape index (κ2) is 5.06. The highest BCUT2D eigenvalue weighted by Gasteiger charge is 2.41. The molecule has 0 unspecified atom stereocenters. The molecule has 0 amide bonds. The van der Waals surface area contributed by atoms with Crippen LogP contribution >= 0.6 is 0 Å². The van der Waals surface area contributed by atoms with Gasteiger partial charge in [0.2, 0.25) is 0 Å². The van der Waals surface area contributed by atoms with Crippen LogP contribution in [-0.2, 0) is 4.43 Å².